The number of hydrogen-bond donors (Lipinski definition) is 1. The highest BCUT2D eigenvalue weighted by atomic mass is 32.2. The lowest BCUT2D eigenvalue weighted by molar-refractivity contribution is 0.360. The third-order valence-electron chi connectivity index (χ3n) is 3.83. The fourth-order valence-corrected chi connectivity index (χ4v) is 4.68. The summed E-state index contributed by atoms with van der Waals surface area (Å²) in [5, 5.41) is 3.50. The Bertz CT molecular complexity index is 542. The zero-order chi connectivity index (χ0) is 14.6. The fraction of sp³-hybridized carbons (Fsp3) is 0.600. The Labute approximate surface area is 121 Å². The van der Waals surface area contributed by atoms with E-state index < -0.39 is 9.84 Å². The second-order valence-electron chi connectivity index (χ2n) is 5.34. The Balaban J connectivity index is 2.27. The molecule has 1 aromatic rings. The van der Waals surface area contributed by atoms with Gasteiger partial charge in [0.25, 0.3) is 0 Å². The molecular formula is C15H23NO3S. The molecular weight excluding hydrogens is 274 g/mol. The predicted molar refractivity (Wildman–Crippen MR) is 80.8 cm³/mol. The fourth-order valence-electron chi connectivity index (χ4n) is 2.84. The van der Waals surface area contributed by atoms with Crippen LogP contribution in [-0.2, 0) is 9.84 Å². The third-order valence-corrected chi connectivity index (χ3v) is 5.62. The molecule has 20 heavy (non-hydrogen) atoms. The molecule has 1 heterocycles. The van der Waals surface area contributed by atoms with Crippen LogP contribution in [-0.4, -0.2) is 33.6 Å². The van der Waals surface area contributed by atoms with Gasteiger partial charge in [-0.25, -0.2) is 8.42 Å². The summed E-state index contributed by atoms with van der Waals surface area (Å²) in [4.78, 5) is 0. The van der Waals surface area contributed by atoms with Crippen LogP contribution in [0.4, 0.5) is 0 Å². The molecule has 2 unspecified atom stereocenters. The van der Waals surface area contributed by atoms with Gasteiger partial charge in [-0.2, -0.15) is 0 Å². The molecule has 1 N–H and O–H groups in total. The van der Waals surface area contributed by atoms with Gasteiger partial charge in [0.05, 0.1) is 18.6 Å². The van der Waals surface area contributed by atoms with Crippen molar-refractivity contribution in [3.8, 4) is 5.75 Å². The van der Waals surface area contributed by atoms with Gasteiger partial charge >= 0.3 is 0 Å². The second-order valence-corrected chi connectivity index (χ2v) is 7.57. The standard InChI is InChI=1S/C15H23NO3S/c1-3-9-16-15(12-8-10-20(17,18)11-12)13-6-4-5-7-14(13)19-2/h4-7,12,15-16H,3,8-11H2,1-2H3. The van der Waals surface area contributed by atoms with Crippen molar-refractivity contribution in [2.45, 2.75) is 25.8 Å². The average molecular weight is 297 g/mol. The van der Waals surface area contributed by atoms with Crippen LogP contribution in [0.5, 0.6) is 5.75 Å². The van der Waals surface area contributed by atoms with Crippen LogP contribution in [0.15, 0.2) is 24.3 Å². The minimum Gasteiger partial charge on any atom is -0.496 e. The van der Waals surface area contributed by atoms with Crippen LogP contribution in [0.2, 0.25) is 0 Å². The molecule has 112 valence electrons. The minimum atomic E-state index is -2.87. The first-order valence-corrected chi connectivity index (χ1v) is 8.96. The normalized spacial score (nSPS) is 22.6. The maximum Gasteiger partial charge on any atom is 0.150 e. The smallest absolute Gasteiger partial charge is 0.150 e. The largest absolute Gasteiger partial charge is 0.496 e. The first-order chi connectivity index (χ1) is 9.57. The van der Waals surface area contributed by atoms with Gasteiger partial charge in [-0.15, -0.1) is 0 Å². The molecule has 0 spiro atoms. The van der Waals surface area contributed by atoms with E-state index in [4.69, 9.17) is 4.74 Å². The first-order valence-electron chi connectivity index (χ1n) is 7.14. The molecule has 2 atom stereocenters. The van der Waals surface area contributed by atoms with Crippen molar-refractivity contribution in [2.24, 2.45) is 5.92 Å². The van der Waals surface area contributed by atoms with Crippen molar-refractivity contribution >= 4 is 9.84 Å². The molecule has 1 saturated heterocycles. The van der Waals surface area contributed by atoms with Crippen LogP contribution < -0.4 is 10.1 Å². The van der Waals surface area contributed by atoms with Crippen molar-refractivity contribution in [3.05, 3.63) is 29.8 Å². The topological polar surface area (TPSA) is 55.4 Å². The number of nitrogens with one attached hydrogen (secondary N) is 1. The van der Waals surface area contributed by atoms with Gasteiger partial charge < -0.3 is 10.1 Å². The Morgan fingerprint density at radius 1 is 1.40 bits per heavy atom. The van der Waals surface area contributed by atoms with E-state index in [-0.39, 0.29) is 17.7 Å². The number of benzene rings is 1. The molecule has 0 bridgehead atoms. The van der Waals surface area contributed by atoms with Gasteiger partial charge in [0.2, 0.25) is 0 Å². The summed E-state index contributed by atoms with van der Waals surface area (Å²) in [6.45, 7) is 2.98. The zero-order valence-corrected chi connectivity index (χ0v) is 12.9. The molecule has 0 radical (unpaired) electrons. The lowest BCUT2D eigenvalue weighted by Gasteiger charge is -2.26. The molecule has 0 aliphatic carbocycles. The quantitative estimate of drug-likeness (QED) is 0.874. The number of rotatable bonds is 6. The van der Waals surface area contributed by atoms with Crippen molar-refractivity contribution < 1.29 is 13.2 Å². The van der Waals surface area contributed by atoms with Gasteiger partial charge in [0, 0.05) is 11.6 Å². The summed E-state index contributed by atoms with van der Waals surface area (Å²) in [5.74, 6) is 1.53. The maximum absolute atomic E-state index is 11.7. The maximum atomic E-state index is 11.7. The van der Waals surface area contributed by atoms with Crippen LogP contribution in [0.25, 0.3) is 0 Å². The number of sulfone groups is 1. The van der Waals surface area contributed by atoms with Crippen LogP contribution >= 0.6 is 0 Å². The minimum absolute atomic E-state index is 0.0448. The lowest BCUT2D eigenvalue weighted by atomic mass is 9.91. The summed E-state index contributed by atoms with van der Waals surface area (Å²) in [6, 6.07) is 7.91. The Morgan fingerprint density at radius 3 is 2.75 bits per heavy atom. The highest BCUT2D eigenvalue weighted by molar-refractivity contribution is 7.91. The van der Waals surface area contributed by atoms with E-state index in [1.54, 1.807) is 7.11 Å². The number of ether oxygens (including phenoxy) is 1. The molecule has 1 aliphatic rings. The van der Waals surface area contributed by atoms with E-state index >= 15 is 0 Å². The molecule has 0 saturated carbocycles. The number of methoxy groups -OCH3 is 1. The number of para-hydroxylation sites is 1. The highest BCUT2D eigenvalue weighted by Crippen LogP contribution is 2.35. The summed E-state index contributed by atoms with van der Waals surface area (Å²) in [5.41, 5.74) is 1.06. The van der Waals surface area contributed by atoms with E-state index in [1.807, 2.05) is 24.3 Å². The molecule has 4 nitrogen and oxygen atoms in total. The molecule has 2 rings (SSSR count). The van der Waals surface area contributed by atoms with E-state index in [2.05, 4.69) is 12.2 Å². The molecule has 1 aromatic carbocycles. The van der Waals surface area contributed by atoms with Crippen molar-refractivity contribution in [1.29, 1.82) is 0 Å². The van der Waals surface area contributed by atoms with Crippen molar-refractivity contribution in [2.75, 3.05) is 25.2 Å². The predicted octanol–water partition coefficient (Wildman–Crippen LogP) is 2.17. The van der Waals surface area contributed by atoms with Crippen LogP contribution in [0.1, 0.15) is 31.4 Å². The van der Waals surface area contributed by atoms with Gasteiger partial charge in [0.15, 0.2) is 9.84 Å². The van der Waals surface area contributed by atoms with E-state index in [1.165, 1.54) is 0 Å². The lowest BCUT2D eigenvalue weighted by Crippen LogP contribution is -2.30. The first kappa shape index (κ1) is 15.3. The van der Waals surface area contributed by atoms with E-state index in [0.717, 1.165) is 30.7 Å². The summed E-state index contributed by atoms with van der Waals surface area (Å²) >= 11 is 0. The van der Waals surface area contributed by atoms with Crippen molar-refractivity contribution in [3.63, 3.8) is 0 Å². The zero-order valence-electron chi connectivity index (χ0n) is 12.1. The van der Waals surface area contributed by atoms with Crippen molar-refractivity contribution in [1.82, 2.24) is 5.32 Å². The Hall–Kier alpha value is -1.07. The van der Waals surface area contributed by atoms with Gasteiger partial charge in [-0.3, -0.25) is 0 Å². The van der Waals surface area contributed by atoms with Gasteiger partial charge in [-0.1, -0.05) is 25.1 Å². The van der Waals surface area contributed by atoms with E-state index in [0.29, 0.717) is 5.75 Å². The third kappa shape index (κ3) is 3.52. The Morgan fingerprint density at radius 2 is 2.15 bits per heavy atom. The van der Waals surface area contributed by atoms with Crippen LogP contribution in [0.3, 0.4) is 0 Å². The summed E-state index contributed by atoms with van der Waals surface area (Å²) < 4.78 is 28.9. The molecule has 1 aliphatic heterocycles. The molecule has 0 amide bonds. The van der Waals surface area contributed by atoms with Gasteiger partial charge in [-0.05, 0) is 31.4 Å². The number of hydrogen-bond acceptors (Lipinski definition) is 4. The molecule has 0 aromatic heterocycles. The Kier molecular flexibility index (Phi) is 5.05. The average Bonchev–Trinajstić information content (AvgIpc) is 2.80. The highest BCUT2D eigenvalue weighted by Gasteiger charge is 2.35. The monoisotopic (exact) mass is 297 g/mol. The molecule has 1 fully saturated rings. The second kappa shape index (κ2) is 6.59. The SMILES string of the molecule is CCCNC(c1ccccc1OC)C1CCS(=O)(=O)C1. The van der Waals surface area contributed by atoms with E-state index in [9.17, 15) is 8.42 Å². The summed E-state index contributed by atoms with van der Waals surface area (Å²) in [7, 11) is -1.22. The van der Waals surface area contributed by atoms with Crippen LogP contribution in [0, 0.1) is 5.92 Å². The van der Waals surface area contributed by atoms with Gasteiger partial charge in [0.1, 0.15) is 5.75 Å². The molecule has 5 heteroatoms. The summed E-state index contributed by atoms with van der Waals surface area (Å²) in [6.07, 6.45) is 1.74.